The van der Waals surface area contributed by atoms with Gasteiger partial charge in [0.25, 0.3) is 0 Å². The summed E-state index contributed by atoms with van der Waals surface area (Å²) in [5.41, 5.74) is 0.357. The topological polar surface area (TPSA) is 104 Å². The first-order valence-electron chi connectivity index (χ1n) is 10.7. The predicted molar refractivity (Wildman–Crippen MR) is 116 cm³/mol. The fraction of sp³-hybridized carbons (Fsp3) is 0.650. The van der Waals surface area contributed by atoms with Crippen LogP contribution in [0.4, 0.5) is 5.69 Å². The zero-order valence-electron chi connectivity index (χ0n) is 17.4. The third-order valence-electron chi connectivity index (χ3n) is 5.63. The standard InChI is InChI=1S/C20H31N3O5S2/c1-2-15-29(25,26)23-14-8-11-19(23)20(24)21-17-9-7-10-18(16-17)30(27,28)22-12-5-3-4-6-13-22/h7,9-10,16,19H,2-6,8,11-15H2,1H3,(H,21,24). The van der Waals surface area contributed by atoms with Crippen LogP contribution in [0.5, 0.6) is 0 Å². The SMILES string of the molecule is CCCS(=O)(=O)N1CCCC1C(=O)Nc1cccc(S(=O)(=O)N2CCCCCC2)c1. The quantitative estimate of drug-likeness (QED) is 0.677. The van der Waals surface area contributed by atoms with E-state index in [1.54, 1.807) is 19.1 Å². The fourth-order valence-corrected chi connectivity index (χ4v) is 7.41. The molecule has 1 amide bonds. The molecule has 3 rings (SSSR count). The molecular weight excluding hydrogens is 426 g/mol. The van der Waals surface area contributed by atoms with Crippen LogP contribution in [0.2, 0.25) is 0 Å². The van der Waals surface area contributed by atoms with Crippen molar-refractivity contribution in [2.45, 2.75) is 62.8 Å². The van der Waals surface area contributed by atoms with Gasteiger partial charge < -0.3 is 5.32 Å². The van der Waals surface area contributed by atoms with E-state index in [0.29, 0.717) is 44.6 Å². The molecule has 30 heavy (non-hydrogen) atoms. The van der Waals surface area contributed by atoms with Crippen LogP contribution < -0.4 is 5.32 Å². The lowest BCUT2D eigenvalue weighted by Gasteiger charge is -2.23. The number of rotatable bonds is 7. The van der Waals surface area contributed by atoms with Crippen molar-refractivity contribution in [2.75, 3.05) is 30.7 Å². The highest BCUT2D eigenvalue weighted by Gasteiger charge is 2.38. The smallest absolute Gasteiger partial charge is 0.243 e. The summed E-state index contributed by atoms with van der Waals surface area (Å²) in [5.74, 6) is -0.406. The normalized spacial score (nSPS) is 22.0. The molecule has 1 N–H and O–H groups in total. The molecular formula is C20H31N3O5S2. The molecule has 2 heterocycles. The van der Waals surface area contributed by atoms with E-state index in [1.807, 2.05) is 0 Å². The Balaban J connectivity index is 1.75. The lowest BCUT2D eigenvalue weighted by atomic mass is 10.2. The molecule has 2 fully saturated rings. The largest absolute Gasteiger partial charge is 0.325 e. The molecule has 0 bridgehead atoms. The molecule has 1 atom stereocenters. The number of carbonyl (C=O) groups is 1. The number of hydrogen-bond acceptors (Lipinski definition) is 5. The first-order valence-corrected chi connectivity index (χ1v) is 13.7. The van der Waals surface area contributed by atoms with Gasteiger partial charge in [0.05, 0.1) is 10.6 Å². The van der Waals surface area contributed by atoms with Crippen LogP contribution in [0.25, 0.3) is 0 Å². The molecule has 0 radical (unpaired) electrons. The number of nitrogens with zero attached hydrogens (tertiary/aromatic N) is 2. The third-order valence-corrected chi connectivity index (χ3v) is 9.60. The Bertz CT molecular complexity index is 954. The molecule has 0 spiro atoms. The number of hydrogen-bond donors (Lipinski definition) is 1. The Labute approximate surface area is 179 Å². The number of benzene rings is 1. The number of sulfonamides is 2. The number of anilines is 1. The average Bonchev–Trinajstić information content (AvgIpc) is 3.05. The van der Waals surface area contributed by atoms with Crippen LogP contribution in [-0.4, -0.2) is 62.8 Å². The molecule has 0 aromatic heterocycles. The number of carbonyl (C=O) groups excluding carboxylic acids is 1. The Morgan fingerprint density at radius 1 is 1.03 bits per heavy atom. The average molecular weight is 458 g/mol. The second-order valence-electron chi connectivity index (χ2n) is 7.92. The van der Waals surface area contributed by atoms with E-state index in [2.05, 4.69) is 5.32 Å². The zero-order valence-corrected chi connectivity index (χ0v) is 19.1. The van der Waals surface area contributed by atoms with Gasteiger partial charge in [-0.2, -0.15) is 8.61 Å². The van der Waals surface area contributed by atoms with Gasteiger partial charge in [0, 0.05) is 25.3 Å². The van der Waals surface area contributed by atoms with Crippen molar-refractivity contribution in [2.24, 2.45) is 0 Å². The van der Waals surface area contributed by atoms with Crippen LogP contribution in [0, 0.1) is 0 Å². The maximum atomic E-state index is 13.0. The minimum atomic E-state index is -3.63. The first-order chi connectivity index (χ1) is 14.3. The summed E-state index contributed by atoms with van der Waals surface area (Å²) in [5, 5.41) is 2.73. The predicted octanol–water partition coefficient (Wildman–Crippen LogP) is 2.39. The monoisotopic (exact) mass is 457 g/mol. The van der Waals surface area contributed by atoms with Crippen LogP contribution in [0.1, 0.15) is 51.9 Å². The Morgan fingerprint density at radius 2 is 1.73 bits per heavy atom. The van der Waals surface area contributed by atoms with E-state index in [9.17, 15) is 21.6 Å². The van der Waals surface area contributed by atoms with Crippen molar-refractivity contribution < 1.29 is 21.6 Å². The molecule has 1 unspecified atom stereocenters. The van der Waals surface area contributed by atoms with E-state index >= 15 is 0 Å². The van der Waals surface area contributed by atoms with Crippen molar-refractivity contribution in [3.63, 3.8) is 0 Å². The summed E-state index contributed by atoms with van der Waals surface area (Å²) in [6.07, 6.45) is 5.33. The lowest BCUT2D eigenvalue weighted by Crippen LogP contribution is -2.44. The van der Waals surface area contributed by atoms with E-state index in [-0.39, 0.29) is 10.6 Å². The van der Waals surface area contributed by atoms with Gasteiger partial charge in [0.15, 0.2) is 0 Å². The summed E-state index contributed by atoms with van der Waals surface area (Å²) in [6.45, 7) is 3.14. The molecule has 2 saturated heterocycles. The summed E-state index contributed by atoms with van der Waals surface area (Å²) in [6, 6.07) is 5.45. The summed E-state index contributed by atoms with van der Waals surface area (Å²) in [4.78, 5) is 12.9. The maximum absolute atomic E-state index is 13.0. The summed E-state index contributed by atoms with van der Waals surface area (Å²) < 4.78 is 53.7. The van der Waals surface area contributed by atoms with Gasteiger partial charge in [-0.3, -0.25) is 4.79 Å². The summed E-state index contributed by atoms with van der Waals surface area (Å²) >= 11 is 0. The molecule has 1 aromatic carbocycles. The molecule has 2 aliphatic heterocycles. The molecule has 0 aliphatic carbocycles. The van der Waals surface area contributed by atoms with Gasteiger partial charge in [-0.25, -0.2) is 16.8 Å². The van der Waals surface area contributed by atoms with Crippen LogP contribution in [0.3, 0.4) is 0 Å². The highest BCUT2D eigenvalue weighted by atomic mass is 32.2. The van der Waals surface area contributed by atoms with Gasteiger partial charge in [0.1, 0.15) is 6.04 Å². The Hall–Kier alpha value is -1.49. The molecule has 0 saturated carbocycles. The first kappa shape index (κ1) is 23.2. The summed E-state index contributed by atoms with van der Waals surface area (Å²) in [7, 11) is -7.10. The second-order valence-corrected chi connectivity index (χ2v) is 11.9. The van der Waals surface area contributed by atoms with Gasteiger partial charge in [-0.1, -0.05) is 25.8 Å². The molecule has 10 heteroatoms. The molecule has 2 aliphatic rings. The molecule has 8 nitrogen and oxygen atoms in total. The minimum Gasteiger partial charge on any atom is -0.325 e. The Kier molecular flexibility index (Phi) is 7.54. The van der Waals surface area contributed by atoms with E-state index in [4.69, 9.17) is 0 Å². The van der Waals surface area contributed by atoms with Crippen molar-refractivity contribution in [1.29, 1.82) is 0 Å². The highest BCUT2D eigenvalue weighted by molar-refractivity contribution is 7.89. The van der Waals surface area contributed by atoms with E-state index in [1.165, 1.54) is 20.7 Å². The van der Waals surface area contributed by atoms with Gasteiger partial charge in [-0.15, -0.1) is 0 Å². The zero-order chi connectivity index (χ0) is 21.8. The van der Waals surface area contributed by atoms with E-state index in [0.717, 1.165) is 25.7 Å². The van der Waals surface area contributed by atoms with Gasteiger partial charge >= 0.3 is 0 Å². The Morgan fingerprint density at radius 3 is 2.40 bits per heavy atom. The van der Waals surface area contributed by atoms with Crippen molar-refractivity contribution in [3.8, 4) is 0 Å². The van der Waals surface area contributed by atoms with Crippen molar-refractivity contribution >= 4 is 31.6 Å². The fourth-order valence-electron chi connectivity index (χ4n) is 4.10. The minimum absolute atomic E-state index is 0.0142. The van der Waals surface area contributed by atoms with Gasteiger partial charge in [-0.05, 0) is 50.3 Å². The van der Waals surface area contributed by atoms with Gasteiger partial charge in [0.2, 0.25) is 26.0 Å². The van der Waals surface area contributed by atoms with Crippen molar-refractivity contribution in [3.05, 3.63) is 24.3 Å². The second kappa shape index (κ2) is 9.76. The van der Waals surface area contributed by atoms with Crippen molar-refractivity contribution in [1.82, 2.24) is 8.61 Å². The third kappa shape index (κ3) is 5.22. The number of amides is 1. The lowest BCUT2D eigenvalue weighted by molar-refractivity contribution is -0.119. The van der Waals surface area contributed by atoms with Crippen LogP contribution in [0.15, 0.2) is 29.2 Å². The highest BCUT2D eigenvalue weighted by Crippen LogP contribution is 2.25. The van der Waals surface area contributed by atoms with E-state index < -0.39 is 32.0 Å². The van der Waals surface area contributed by atoms with Crippen LogP contribution >= 0.6 is 0 Å². The maximum Gasteiger partial charge on any atom is 0.243 e. The number of nitrogens with one attached hydrogen (secondary N) is 1. The molecule has 1 aromatic rings. The molecule has 168 valence electrons. The van der Waals surface area contributed by atoms with Crippen LogP contribution in [-0.2, 0) is 24.8 Å².